The van der Waals surface area contributed by atoms with E-state index in [1.807, 2.05) is 36.5 Å². The van der Waals surface area contributed by atoms with Crippen LogP contribution in [0, 0.1) is 11.3 Å². The van der Waals surface area contributed by atoms with E-state index in [0.29, 0.717) is 18.8 Å². The van der Waals surface area contributed by atoms with E-state index < -0.39 is 0 Å². The van der Waals surface area contributed by atoms with Gasteiger partial charge in [-0.3, -0.25) is 9.88 Å². The molecule has 1 aliphatic rings. The fraction of sp³-hybridized carbons (Fsp3) is 0.250. The summed E-state index contributed by atoms with van der Waals surface area (Å²) in [5, 5.41) is 9.11. The van der Waals surface area contributed by atoms with E-state index in [4.69, 9.17) is 10.00 Å². The van der Waals surface area contributed by atoms with E-state index in [-0.39, 0.29) is 6.04 Å². The number of imidazole rings is 1. The maximum atomic E-state index is 9.11. The number of aromatic nitrogens is 3. The van der Waals surface area contributed by atoms with Crippen LogP contribution in [0.1, 0.15) is 23.0 Å². The van der Waals surface area contributed by atoms with Crippen LogP contribution >= 0.6 is 0 Å². The van der Waals surface area contributed by atoms with Gasteiger partial charge in [0.15, 0.2) is 0 Å². The second-order valence-electron chi connectivity index (χ2n) is 6.29. The number of nitrogens with zero attached hydrogens (tertiary/aromatic N) is 4. The van der Waals surface area contributed by atoms with Crippen molar-refractivity contribution in [3.8, 4) is 17.3 Å². The van der Waals surface area contributed by atoms with Crippen LogP contribution in [0.25, 0.3) is 11.3 Å². The molecule has 2 aromatic heterocycles. The Labute approximate surface area is 152 Å². The SMILES string of the molecule is N#Cc1cccc(CN2CCOC[C@H]2c2ncc(-c3ccncc3)[nH]2)c1. The largest absolute Gasteiger partial charge is 0.378 e. The molecular formula is C20H19N5O. The summed E-state index contributed by atoms with van der Waals surface area (Å²) in [7, 11) is 0. The molecule has 3 heterocycles. The topological polar surface area (TPSA) is 77.8 Å². The van der Waals surface area contributed by atoms with Gasteiger partial charge in [-0.1, -0.05) is 12.1 Å². The number of aromatic amines is 1. The van der Waals surface area contributed by atoms with Crippen molar-refractivity contribution in [2.24, 2.45) is 0 Å². The molecule has 0 aliphatic carbocycles. The Morgan fingerprint density at radius 1 is 1.27 bits per heavy atom. The summed E-state index contributed by atoms with van der Waals surface area (Å²) in [6, 6.07) is 13.9. The summed E-state index contributed by atoms with van der Waals surface area (Å²) >= 11 is 0. The fourth-order valence-corrected chi connectivity index (χ4v) is 3.24. The first-order valence-corrected chi connectivity index (χ1v) is 8.59. The normalized spacial score (nSPS) is 17.7. The van der Waals surface area contributed by atoms with Crippen molar-refractivity contribution in [2.75, 3.05) is 19.8 Å². The minimum atomic E-state index is 0.0603. The molecule has 0 spiro atoms. The van der Waals surface area contributed by atoms with E-state index >= 15 is 0 Å². The van der Waals surface area contributed by atoms with Gasteiger partial charge in [-0.05, 0) is 29.8 Å². The van der Waals surface area contributed by atoms with Crippen molar-refractivity contribution in [3.63, 3.8) is 0 Å². The Bertz CT molecular complexity index is 915. The monoisotopic (exact) mass is 345 g/mol. The van der Waals surface area contributed by atoms with Crippen molar-refractivity contribution in [2.45, 2.75) is 12.6 Å². The highest BCUT2D eigenvalue weighted by Gasteiger charge is 2.27. The second-order valence-corrected chi connectivity index (χ2v) is 6.29. The standard InChI is InChI=1S/C20H19N5O/c21-11-15-2-1-3-16(10-15)13-25-8-9-26-14-19(25)20-23-12-18(24-20)17-4-6-22-7-5-17/h1-7,10,12,19H,8-9,13-14H2,(H,23,24)/t19-/m0/s1. The molecular weight excluding hydrogens is 326 g/mol. The lowest BCUT2D eigenvalue weighted by molar-refractivity contribution is -0.0156. The molecule has 6 heteroatoms. The van der Waals surface area contributed by atoms with Gasteiger partial charge in [0.05, 0.1) is 42.8 Å². The summed E-state index contributed by atoms with van der Waals surface area (Å²) in [4.78, 5) is 14.4. The molecule has 0 bridgehead atoms. The number of pyridine rings is 1. The van der Waals surface area contributed by atoms with Crippen LogP contribution in [0.5, 0.6) is 0 Å². The molecule has 0 amide bonds. The van der Waals surface area contributed by atoms with E-state index in [2.05, 4.69) is 32.0 Å². The molecule has 130 valence electrons. The highest BCUT2D eigenvalue weighted by Crippen LogP contribution is 2.26. The zero-order valence-corrected chi connectivity index (χ0v) is 14.3. The summed E-state index contributed by atoms with van der Waals surface area (Å²) in [6.45, 7) is 2.88. The van der Waals surface area contributed by atoms with E-state index in [0.717, 1.165) is 35.7 Å². The van der Waals surface area contributed by atoms with Crippen molar-refractivity contribution >= 4 is 0 Å². The Kier molecular flexibility index (Phi) is 4.73. The lowest BCUT2D eigenvalue weighted by Gasteiger charge is -2.34. The number of morpholine rings is 1. The lowest BCUT2D eigenvalue weighted by Crippen LogP contribution is -2.39. The zero-order chi connectivity index (χ0) is 17.8. The number of hydrogen-bond donors (Lipinski definition) is 1. The van der Waals surface area contributed by atoms with Gasteiger partial charge in [0.2, 0.25) is 0 Å². The first-order chi connectivity index (χ1) is 12.8. The summed E-state index contributed by atoms with van der Waals surface area (Å²) in [6.07, 6.45) is 5.40. The number of H-pyrrole nitrogens is 1. The molecule has 6 nitrogen and oxygen atoms in total. The lowest BCUT2D eigenvalue weighted by atomic mass is 10.1. The molecule has 1 fully saturated rings. The predicted molar refractivity (Wildman–Crippen MR) is 96.9 cm³/mol. The summed E-state index contributed by atoms with van der Waals surface area (Å²) in [5.41, 5.74) is 3.84. The molecule has 26 heavy (non-hydrogen) atoms. The third kappa shape index (κ3) is 3.49. The van der Waals surface area contributed by atoms with Gasteiger partial charge < -0.3 is 9.72 Å². The van der Waals surface area contributed by atoms with Crippen molar-refractivity contribution < 1.29 is 4.74 Å². The molecule has 1 atom stereocenters. The van der Waals surface area contributed by atoms with Crippen LogP contribution in [0.4, 0.5) is 0 Å². The van der Waals surface area contributed by atoms with Crippen LogP contribution in [0.3, 0.4) is 0 Å². The number of nitriles is 1. The number of benzene rings is 1. The van der Waals surface area contributed by atoms with Crippen molar-refractivity contribution in [1.82, 2.24) is 19.9 Å². The van der Waals surface area contributed by atoms with Crippen molar-refractivity contribution in [1.29, 1.82) is 5.26 Å². The average molecular weight is 345 g/mol. The van der Waals surface area contributed by atoms with Crippen LogP contribution in [-0.2, 0) is 11.3 Å². The zero-order valence-electron chi connectivity index (χ0n) is 14.3. The molecule has 3 aromatic rings. The smallest absolute Gasteiger partial charge is 0.126 e. The third-order valence-corrected chi connectivity index (χ3v) is 4.58. The van der Waals surface area contributed by atoms with Crippen LogP contribution in [0.15, 0.2) is 55.0 Å². The minimum absolute atomic E-state index is 0.0603. The Hall–Kier alpha value is -3.01. The Balaban J connectivity index is 1.56. The number of ether oxygens (including phenoxy) is 1. The van der Waals surface area contributed by atoms with Crippen LogP contribution < -0.4 is 0 Å². The second kappa shape index (κ2) is 7.48. The summed E-state index contributed by atoms with van der Waals surface area (Å²) in [5.74, 6) is 0.896. The molecule has 0 saturated carbocycles. The quantitative estimate of drug-likeness (QED) is 0.787. The molecule has 4 rings (SSSR count). The maximum absolute atomic E-state index is 9.11. The molecule has 1 N–H and O–H groups in total. The Morgan fingerprint density at radius 2 is 2.15 bits per heavy atom. The fourth-order valence-electron chi connectivity index (χ4n) is 3.24. The van der Waals surface area contributed by atoms with E-state index in [1.54, 1.807) is 12.4 Å². The van der Waals surface area contributed by atoms with E-state index in [1.165, 1.54) is 0 Å². The van der Waals surface area contributed by atoms with Gasteiger partial charge in [0, 0.05) is 31.0 Å². The van der Waals surface area contributed by atoms with Crippen molar-refractivity contribution in [3.05, 3.63) is 71.9 Å². The third-order valence-electron chi connectivity index (χ3n) is 4.58. The van der Waals surface area contributed by atoms with E-state index in [9.17, 15) is 0 Å². The summed E-state index contributed by atoms with van der Waals surface area (Å²) < 4.78 is 5.70. The van der Waals surface area contributed by atoms with Gasteiger partial charge in [-0.25, -0.2) is 4.98 Å². The Morgan fingerprint density at radius 3 is 3.00 bits per heavy atom. The van der Waals surface area contributed by atoms with Gasteiger partial charge in [-0.2, -0.15) is 5.26 Å². The van der Waals surface area contributed by atoms with Gasteiger partial charge in [-0.15, -0.1) is 0 Å². The molecule has 0 radical (unpaired) electrons. The van der Waals surface area contributed by atoms with Crippen LogP contribution in [-0.4, -0.2) is 39.6 Å². The number of hydrogen-bond acceptors (Lipinski definition) is 5. The predicted octanol–water partition coefficient (Wildman–Crippen LogP) is 2.92. The molecule has 1 aliphatic heterocycles. The number of nitrogens with one attached hydrogen (secondary N) is 1. The highest BCUT2D eigenvalue weighted by atomic mass is 16.5. The van der Waals surface area contributed by atoms with Gasteiger partial charge in [0.25, 0.3) is 0 Å². The maximum Gasteiger partial charge on any atom is 0.126 e. The number of rotatable bonds is 4. The average Bonchev–Trinajstić information content (AvgIpc) is 3.19. The molecule has 0 unspecified atom stereocenters. The van der Waals surface area contributed by atoms with Gasteiger partial charge in [0.1, 0.15) is 5.82 Å². The van der Waals surface area contributed by atoms with Crippen LogP contribution in [0.2, 0.25) is 0 Å². The first-order valence-electron chi connectivity index (χ1n) is 8.59. The minimum Gasteiger partial charge on any atom is -0.378 e. The first kappa shape index (κ1) is 16.5. The molecule has 1 aromatic carbocycles. The molecule has 1 saturated heterocycles. The highest BCUT2D eigenvalue weighted by molar-refractivity contribution is 5.57. The van der Waals surface area contributed by atoms with Gasteiger partial charge >= 0.3 is 0 Å².